The molecule has 3 rings (SSSR count). The summed E-state index contributed by atoms with van der Waals surface area (Å²) in [4.78, 5) is 13.4. The van der Waals surface area contributed by atoms with Crippen LogP contribution in [-0.4, -0.2) is 47.1 Å². The molecule has 1 saturated carbocycles. The zero-order valence-electron chi connectivity index (χ0n) is 11.5. The second-order valence-electron chi connectivity index (χ2n) is 5.61. The largest absolute Gasteiger partial charge is 0.354 e. The molecule has 1 aliphatic carbocycles. The molecule has 0 bridgehead atoms. The van der Waals surface area contributed by atoms with Crippen LogP contribution in [0.1, 0.15) is 31.2 Å². The van der Waals surface area contributed by atoms with Crippen molar-refractivity contribution in [1.82, 2.24) is 14.9 Å². The van der Waals surface area contributed by atoms with Crippen LogP contribution < -0.4 is 4.90 Å². The first-order valence-corrected chi connectivity index (χ1v) is 7.60. The van der Waals surface area contributed by atoms with E-state index in [1.807, 2.05) is 6.20 Å². The van der Waals surface area contributed by atoms with Crippen molar-refractivity contribution in [2.24, 2.45) is 0 Å². The fraction of sp³-hybridized carbons (Fsp3) is 0.714. The van der Waals surface area contributed by atoms with E-state index in [0.29, 0.717) is 5.28 Å². The molecule has 0 atom stereocenters. The Morgan fingerprint density at radius 2 is 1.84 bits per heavy atom. The van der Waals surface area contributed by atoms with Gasteiger partial charge in [-0.25, -0.2) is 9.97 Å². The summed E-state index contributed by atoms with van der Waals surface area (Å²) in [7, 11) is 0. The third kappa shape index (κ3) is 2.84. The molecule has 5 heteroatoms. The summed E-state index contributed by atoms with van der Waals surface area (Å²) in [5, 5.41) is 0.346. The normalized spacial score (nSPS) is 22.1. The van der Waals surface area contributed by atoms with E-state index in [1.165, 1.54) is 25.7 Å². The first-order chi connectivity index (χ1) is 9.24. The lowest BCUT2D eigenvalue weighted by Crippen LogP contribution is -2.50. The Morgan fingerprint density at radius 1 is 1.16 bits per heavy atom. The number of halogens is 1. The van der Waals surface area contributed by atoms with Crippen LogP contribution in [-0.2, 0) is 0 Å². The van der Waals surface area contributed by atoms with E-state index < -0.39 is 0 Å². The molecule has 0 spiro atoms. The van der Waals surface area contributed by atoms with Crippen molar-refractivity contribution in [3.63, 3.8) is 0 Å². The van der Waals surface area contributed by atoms with Crippen molar-refractivity contribution < 1.29 is 0 Å². The molecule has 4 nitrogen and oxygen atoms in total. The van der Waals surface area contributed by atoms with E-state index in [9.17, 15) is 0 Å². The molecule has 1 aromatic rings. The summed E-state index contributed by atoms with van der Waals surface area (Å²) >= 11 is 5.91. The molecule has 0 aromatic carbocycles. The number of aromatic nitrogens is 2. The molecular weight excluding hydrogens is 260 g/mol. The Bertz CT molecular complexity index is 437. The van der Waals surface area contributed by atoms with Crippen LogP contribution in [0.3, 0.4) is 0 Å². The van der Waals surface area contributed by atoms with E-state index in [4.69, 9.17) is 11.6 Å². The fourth-order valence-corrected chi connectivity index (χ4v) is 3.43. The van der Waals surface area contributed by atoms with Gasteiger partial charge >= 0.3 is 0 Å². The van der Waals surface area contributed by atoms with Crippen molar-refractivity contribution in [2.45, 2.75) is 38.6 Å². The van der Waals surface area contributed by atoms with Crippen LogP contribution in [0.25, 0.3) is 0 Å². The molecule has 1 aliphatic heterocycles. The molecule has 2 heterocycles. The minimum atomic E-state index is 0.346. The first kappa shape index (κ1) is 13.1. The summed E-state index contributed by atoms with van der Waals surface area (Å²) in [6.45, 7) is 6.43. The first-order valence-electron chi connectivity index (χ1n) is 7.22. The summed E-state index contributed by atoms with van der Waals surface area (Å²) in [6.07, 6.45) is 7.40. The van der Waals surface area contributed by atoms with Gasteiger partial charge in [-0.05, 0) is 31.4 Å². The van der Waals surface area contributed by atoms with Gasteiger partial charge in [0.15, 0.2) is 0 Å². The minimum Gasteiger partial charge on any atom is -0.354 e. The second kappa shape index (κ2) is 5.63. The number of aryl methyl sites for hydroxylation is 1. The third-order valence-electron chi connectivity index (χ3n) is 4.37. The highest BCUT2D eigenvalue weighted by molar-refractivity contribution is 6.28. The van der Waals surface area contributed by atoms with E-state index in [1.54, 1.807) is 0 Å². The molecule has 2 fully saturated rings. The van der Waals surface area contributed by atoms with Gasteiger partial charge in [-0.1, -0.05) is 12.8 Å². The van der Waals surface area contributed by atoms with E-state index >= 15 is 0 Å². The Balaban J connectivity index is 1.64. The third-order valence-corrected chi connectivity index (χ3v) is 4.55. The van der Waals surface area contributed by atoms with Gasteiger partial charge in [0, 0.05) is 44.0 Å². The Kier molecular flexibility index (Phi) is 3.89. The number of nitrogens with zero attached hydrogens (tertiary/aromatic N) is 4. The van der Waals surface area contributed by atoms with Gasteiger partial charge in [-0.15, -0.1) is 0 Å². The molecule has 0 unspecified atom stereocenters. The van der Waals surface area contributed by atoms with Crippen molar-refractivity contribution >= 4 is 17.4 Å². The van der Waals surface area contributed by atoms with Crippen LogP contribution in [0.4, 0.5) is 5.82 Å². The van der Waals surface area contributed by atoms with E-state index in [0.717, 1.165) is 43.6 Å². The predicted octanol–water partition coefficient (Wildman–Crippen LogP) is 2.50. The molecule has 1 aromatic heterocycles. The van der Waals surface area contributed by atoms with Gasteiger partial charge in [-0.2, -0.15) is 0 Å². The molecular formula is C14H21ClN4. The van der Waals surface area contributed by atoms with Gasteiger partial charge < -0.3 is 4.90 Å². The lowest BCUT2D eigenvalue weighted by Gasteiger charge is -2.39. The average Bonchev–Trinajstić information content (AvgIpc) is 2.96. The molecule has 19 heavy (non-hydrogen) atoms. The maximum Gasteiger partial charge on any atom is 0.224 e. The zero-order valence-corrected chi connectivity index (χ0v) is 12.2. The molecule has 0 radical (unpaired) electrons. The monoisotopic (exact) mass is 280 g/mol. The molecule has 104 valence electrons. The van der Waals surface area contributed by atoms with Crippen molar-refractivity contribution in [3.8, 4) is 0 Å². The van der Waals surface area contributed by atoms with Crippen molar-refractivity contribution in [3.05, 3.63) is 17.0 Å². The molecule has 2 aliphatic rings. The van der Waals surface area contributed by atoms with Crippen LogP contribution in [0.15, 0.2) is 6.20 Å². The van der Waals surface area contributed by atoms with Crippen LogP contribution in [0.2, 0.25) is 5.28 Å². The number of hydrogen-bond donors (Lipinski definition) is 0. The SMILES string of the molecule is Cc1cnc(Cl)nc1N1CCN(C2CCCC2)CC1. The van der Waals surface area contributed by atoms with Crippen molar-refractivity contribution in [1.29, 1.82) is 0 Å². The van der Waals surface area contributed by atoms with Gasteiger partial charge in [0.1, 0.15) is 5.82 Å². The number of rotatable bonds is 2. The molecule has 0 amide bonds. The number of piperazine rings is 1. The summed E-state index contributed by atoms with van der Waals surface area (Å²) in [5.41, 5.74) is 1.11. The summed E-state index contributed by atoms with van der Waals surface area (Å²) < 4.78 is 0. The van der Waals surface area contributed by atoms with Crippen LogP contribution >= 0.6 is 11.6 Å². The highest BCUT2D eigenvalue weighted by Crippen LogP contribution is 2.26. The Morgan fingerprint density at radius 3 is 2.53 bits per heavy atom. The average molecular weight is 281 g/mol. The quantitative estimate of drug-likeness (QED) is 0.779. The zero-order chi connectivity index (χ0) is 13.2. The Labute approximate surface area is 119 Å². The summed E-state index contributed by atoms with van der Waals surface area (Å²) in [6, 6.07) is 0.831. The molecule has 0 N–H and O–H groups in total. The highest BCUT2D eigenvalue weighted by atomic mass is 35.5. The maximum absolute atomic E-state index is 5.91. The highest BCUT2D eigenvalue weighted by Gasteiger charge is 2.27. The van der Waals surface area contributed by atoms with Gasteiger partial charge in [0.2, 0.25) is 5.28 Å². The predicted molar refractivity (Wildman–Crippen MR) is 77.8 cm³/mol. The lowest BCUT2D eigenvalue weighted by atomic mass is 10.1. The van der Waals surface area contributed by atoms with Gasteiger partial charge in [-0.3, -0.25) is 4.90 Å². The maximum atomic E-state index is 5.91. The molecule has 1 saturated heterocycles. The smallest absolute Gasteiger partial charge is 0.224 e. The van der Waals surface area contributed by atoms with E-state index in [2.05, 4.69) is 26.7 Å². The second-order valence-corrected chi connectivity index (χ2v) is 5.95. The lowest BCUT2D eigenvalue weighted by molar-refractivity contribution is 0.187. The minimum absolute atomic E-state index is 0.346. The topological polar surface area (TPSA) is 32.3 Å². The fourth-order valence-electron chi connectivity index (χ4n) is 3.30. The van der Waals surface area contributed by atoms with Gasteiger partial charge in [0.25, 0.3) is 0 Å². The van der Waals surface area contributed by atoms with Crippen LogP contribution in [0, 0.1) is 6.92 Å². The number of hydrogen-bond acceptors (Lipinski definition) is 4. The van der Waals surface area contributed by atoms with Crippen LogP contribution in [0.5, 0.6) is 0 Å². The Hall–Kier alpha value is -0.870. The summed E-state index contributed by atoms with van der Waals surface area (Å²) in [5.74, 6) is 1.01. The van der Waals surface area contributed by atoms with Crippen molar-refractivity contribution in [2.75, 3.05) is 31.1 Å². The van der Waals surface area contributed by atoms with Gasteiger partial charge in [0.05, 0.1) is 0 Å². The number of anilines is 1. The standard InChI is InChI=1S/C14H21ClN4/c1-11-10-16-14(15)17-13(11)19-8-6-18(7-9-19)12-4-2-3-5-12/h10,12H,2-9H2,1H3. The van der Waals surface area contributed by atoms with E-state index in [-0.39, 0.29) is 0 Å².